The molecule has 1 atom stereocenters. The number of nitrogens with one attached hydrogen (secondary N) is 1. The number of esters is 2. The summed E-state index contributed by atoms with van der Waals surface area (Å²) in [6.07, 6.45) is 0.860. The van der Waals surface area contributed by atoms with Crippen LogP contribution in [-0.4, -0.2) is 48.7 Å². The molecule has 0 aliphatic carbocycles. The average Bonchev–Trinajstić information content (AvgIpc) is 3.31. The number of hydrogen-bond acceptors (Lipinski definition) is 9. The van der Waals surface area contributed by atoms with E-state index in [1.165, 1.54) is 7.11 Å². The van der Waals surface area contributed by atoms with Gasteiger partial charge in [0.15, 0.2) is 0 Å². The van der Waals surface area contributed by atoms with Crippen molar-refractivity contribution < 1.29 is 19.1 Å². The van der Waals surface area contributed by atoms with Crippen molar-refractivity contribution >= 4 is 35.1 Å². The van der Waals surface area contributed by atoms with Gasteiger partial charge in [0.2, 0.25) is 0 Å². The molecule has 0 radical (unpaired) electrons. The summed E-state index contributed by atoms with van der Waals surface area (Å²) in [7, 11) is 1.34. The van der Waals surface area contributed by atoms with E-state index in [0.29, 0.717) is 31.6 Å². The maximum absolute atomic E-state index is 12.9. The lowest BCUT2D eigenvalue weighted by molar-refractivity contribution is -0.161. The fourth-order valence-corrected chi connectivity index (χ4v) is 3.95. The summed E-state index contributed by atoms with van der Waals surface area (Å²) in [5.74, 6) is -0.655. The van der Waals surface area contributed by atoms with Crippen LogP contribution in [-0.2, 0) is 19.1 Å². The van der Waals surface area contributed by atoms with E-state index in [1.54, 1.807) is 26.0 Å². The molecule has 0 aliphatic rings. The van der Waals surface area contributed by atoms with Crippen molar-refractivity contribution in [3.8, 4) is 6.07 Å². The van der Waals surface area contributed by atoms with Crippen LogP contribution in [0, 0.1) is 28.7 Å². The number of carbonyl (C=O) groups is 2. The summed E-state index contributed by atoms with van der Waals surface area (Å²) in [5, 5.41) is 17.0. The van der Waals surface area contributed by atoms with Gasteiger partial charge in [0.25, 0.3) is 0 Å². The molecule has 0 amide bonds. The van der Waals surface area contributed by atoms with Crippen LogP contribution in [0.3, 0.4) is 0 Å². The lowest BCUT2D eigenvalue weighted by Gasteiger charge is -2.33. The van der Waals surface area contributed by atoms with Crippen molar-refractivity contribution in [3.05, 3.63) is 41.4 Å². The molecule has 2 rings (SSSR count). The predicted molar refractivity (Wildman–Crippen MR) is 138 cm³/mol. The first-order chi connectivity index (χ1) is 17.5. The third kappa shape index (κ3) is 7.37. The molecular weight excluding hydrogens is 474 g/mol. The fraction of sp³-hybridized carbons (Fsp3) is 0.500. The minimum absolute atomic E-state index is 0.0440. The number of carbonyl (C=O) groups excluding carboxylic acids is 2. The number of ether oxygens (including phenoxy) is 2. The maximum atomic E-state index is 12.9. The second-order valence-electron chi connectivity index (χ2n) is 9.38. The van der Waals surface area contributed by atoms with Crippen LogP contribution in [0.1, 0.15) is 53.2 Å². The van der Waals surface area contributed by atoms with Gasteiger partial charge in [-0.1, -0.05) is 23.6 Å². The summed E-state index contributed by atoms with van der Waals surface area (Å²) >= 11 is 0. The van der Waals surface area contributed by atoms with Crippen molar-refractivity contribution in [1.29, 1.82) is 5.26 Å². The molecular formula is C26H33N7O4. The molecule has 1 unspecified atom stereocenters. The Kier molecular flexibility index (Phi) is 9.90. The van der Waals surface area contributed by atoms with Gasteiger partial charge in [-0.3, -0.25) is 9.59 Å². The highest BCUT2D eigenvalue weighted by molar-refractivity contribution is 5.80. The van der Waals surface area contributed by atoms with Gasteiger partial charge >= 0.3 is 23.7 Å². The first-order valence-electron chi connectivity index (χ1n) is 11.9. The minimum Gasteiger partial charge on any atom is -0.469 e. The van der Waals surface area contributed by atoms with Crippen LogP contribution in [0.25, 0.3) is 4.85 Å². The molecule has 37 heavy (non-hydrogen) atoms. The molecule has 1 heterocycles. The summed E-state index contributed by atoms with van der Waals surface area (Å²) in [5.41, 5.74) is -0.0785. The maximum Gasteiger partial charge on any atom is 0.342 e. The van der Waals surface area contributed by atoms with Crippen LogP contribution in [0.15, 0.2) is 34.5 Å². The van der Waals surface area contributed by atoms with Gasteiger partial charge in [0.1, 0.15) is 18.4 Å². The average molecular weight is 508 g/mol. The highest BCUT2D eigenvalue weighted by Gasteiger charge is 2.42. The second kappa shape index (κ2) is 12.6. The number of anilines is 1. The molecule has 0 spiro atoms. The van der Waals surface area contributed by atoms with E-state index in [-0.39, 0.29) is 36.0 Å². The Balaban J connectivity index is 1.99. The number of rotatable bonds is 12. The highest BCUT2D eigenvalue weighted by Crippen LogP contribution is 2.38. The van der Waals surface area contributed by atoms with Gasteiger partial charge in [0, 0.05) is 12.2 Å². The number of benzene rings is 1. The Bertz CT molecular complexity index is 1170. The molecule has 0 bridgehead atoms. The molecule has 0 saturated carbocycles. The number of H-pyrrole nitrogens is 1. The number of nitriles is 1. The van der Waals surface area contributed by atoms with Gasteiger partial charge in [-0.05, 0) is 64.8 Å². The number of methoxy groups -OCH3 is 1. The second-order valence-corrected chi connectivity index (χ2v) is 9.38. The molecule has 11 nitrogen and oxygen atoms in total. The Morgan fingerprint density at radius 2 is 1.86 bits per heavy atom. The van der Waals surface area contributed by atoms with Crippen molar-refractivity contribution in [2.24, 2.45) is 21.1 Å². The summed E-state index contributed by atoms with van der Waals surface area (Å²) in [4.78, 5) is 36.8. The van der Waals surface area contributed by atoms with Crippen LogP contribution in [0.5, 0.6) is 0 Å². The number of imidazole rings is 1. The van der Waals surface area contributed by atoms with Crippen molar-refractivity contribution in [2.45, 2.75) is 47.5 Å². The number of aromatic amines is 1. The van der Waals surface area contributed by atoms with Crippen molar-refractivity contribution in [1.82, 2.24) is 9.97 Å². The third-order valence-corrected chi connectivity index (χ3v) is 6.18. The smallest absolute Gasteiger partial charge is 0.342 e. The normalized spacial score (nSPS) is 12.9. The Hall–Kier alpha value is -4.25. The van der Waals surface area contributed by atoms with Crippen LogP contribution < -0.4 is 4.90 Å². The van der Waals surface area contributed by atoms with Crippen molar-refractivity contribution in [2.75, 3.05) is 31.7 Å². The molecule has 1 aromatic carbocycles. The van der Waals surface area contributed by atoms with Gasteiger partial charge < -0.3 is 24.2 Å². The number of azo groups is 1. The Morgan fingerprint density at radius 3 is 2.38 bits per heavy atom. The molecule has 1 N–H and O–H groups in total. The van der Waals surface area contributed by atoms with Crippen molar-refractivity contribution in [3.63, 3.8) is 0 Å². The van der Waals surface area contributed by atoms with E-state index in [0.717, 1.165) is 5.69 Å². The van der Waals surface area contributed by atoms with E-state index in [4.69, 9.17) is 21.3 Å². The van der Waals surface area contributed by atoms with Gasteiger partial charge in [-0.15, -0.1) is 5.11 Å². The quantitative estimate of drug-likeness (QED) is 0.223. The highest BCUT2D eigenvalue weighted by atomic mass is 16.5. The molecule has 1 aromatic heterocycles. The van der Waals surface area contributed by atoms with Crippen LogP contribution in [0.4, 0.5) is 23.1 Å². The standard InChI is InChI=1S/C26H33N7O4/c1-8-26(5,17-25(3,4)22(34)36-7)23(35)37-15-14-33(9-2)19-12-10-18(11-13-19)31-32-24-29-20(16-27)21(28-6)30-24/h10-13H,8-9,14-15,17H2,1-5,7H3,(H,29,30)/b32-31+. The Labute approximate surface area is 217 Å². The Morgan fingerprint density at radius 1 is 1.19 bits per heavy atom. The lowest BCUT2D eigenvalue weighted by atomic mass is 9.72. The van der Waals surface area contributed by atoms with Crippen LogP contribution >= 0.6 is 0 Å². The SMILES string of the molecule is [C-]#[N+]c1nc(/N=N/c2ccc(N(CC)CCOC(=O)C(C)(CC)CC(C)(C)C(=O)OC)cc2)[nH]c1C#N. The number of hydrogen-bond donors (Lipinski definition) is 1. The van der Waals surface area contributed by atoms with Gasteiger partial charge in [-0.25, -0.2) is 0 Å². The lowest BCUT2D eigenvalue weighted by Crippen LogP contribution is -2.39. The number of aromatic nitrogens is 2. The summed E-state index contributed by atoms with van der Waals surface area (Å²) < 4.78 is 10.5. The summed E-state index contributed by atoms with van der Waals surface area (Å²) in [6, 6.07) is 9.16. The van der Waals surface area contributed by atoms with E-state index < -0.39 is 10.8 Å². The van der Waals surface area contributed by atoms with E-state index >= 15 is 0 Å². The topological polar surface area (TPSA) is 137 Å². The predicted octanol–water partition coefficient (Wildman–Crippen LogP) is 5.62. The number of nitrogens with zero attached hydrogens (tertiary/aromatic N) is 6. The van der Waals surface area contributed by atoms with E-state index in [9.17, 15) is 9.59 Å². The molecule has 0 saturated heterocycles. The largest absolute Gasteiger partial charge is 0.469 e. The molecule has 0 aliphatic heterocycles. The van der Waals surface area contributed by atoms with Gasteiger partial charge in [0.05, 0.1) is 30.2 Å². The first kappa shape index (κ1) is 29.0. The zero-order valence-corrected chi connectivity index (χ0v) is 22.2. The minimum atomic E-state index is -0.807. The zero-order chi connectivity index (χ0) is 27.6. The molecule has 11 heteroatoms. The van der Waals surface area contributed by atoms with E-state index in [2.05, 4.69) is 29.9 Å². The molecule has 2 aromatic rings. The molecule has 0 fully saturated rings. The first-order valence-corrected chi connectivity index (χ1v) is 11.9. The van der Waals surface area contributed by atoms with Crippen LogP contribution in [0.2, 0.25) is 0 Å². The monoisotopic (exact) mass is 507 g/mol. The molecule has 196 valence electrons. The van der Waals surface area contributed by atoms with E-state index in [1.807, 2.05) is 39.0 Å². The van der Waals surface area contributed by atoms with Gasteiger partial charge in [-0.2, -0.15) is 5.26 Å². The summed E-state index contributed by atoms with van der Waals surface area (Å²) in [6.45, 7) is 17.7. The third-order valence-electron chi connectivity index (χ3n) is 6.18. The number of likely N-dealkylation sites (N-methyl/N-ethyl adjacent to an activating group) is 1. The fourth-order valence-electron chi connectivity index (χ4n) is 3.95. The zero-order valence-electron chi connectivity index (χ0n) is 22.2.